The highest BCUT2D eigenvalue weighted by Crippen LogP contribution is 2.40. The van der Waals surface area contributed by atoms with Crippen LogP contribution in [0, 0.1) is 0 Å². The van der Waals surface area contributed by atoms with E-state index in [0.717, 1.165) is 65.8 Å². The summed E-state index contributed by atoms with van der Waals surface area (Å²) in [6.45, 7) is 0. The second-order valence-electron chi connectivity index (χ2n) is 15.0. The van der Waals surface area contributed by atoms with Crippen LogP contribution in [-0.2, 0) is 0 Å². The summed E-state index contributed by atoms with van der Waals surface area (Å²) < 4.78 is 0. The van der Waals surface area contributed by atoms with E-state index in [2.05, 4.69) is 194 Å². The van der Waals surface area contributed by atoms with Gasteiger partial charge in [0.25, 0.3) is 0 Å². The molecule has 10 aromatic carbocycles. The van der Waals surface area contributed by atoms with Crippen LogP contribution in [-0.4, -0.2) is 19.9 Å². The maximum atomic E-state index is 5.36. The minimum absolute atomic E-state index is 0.604. The van der Waals surface area contributed by atoms with Crippen molar-refractivity contribution in [2.75, 3.05) is 0 Å². The third-order valence-corrected chi connectivity index (χ3v) is 11.6. The minimum atomic E-state index is 0.604. The molecule has 2 heterocycles. The summed E-state index contributed by atoms with van der Waals surface area (Å²) in [6, 6.07) is 68.6. The first-order chi connectivity index (χ1) is 28.7. The number of rotatable bonds is 4. The molecule has 0 spiro atoms. The first-order valence-electron chi connectivity index (χ1n) is 19.6. The zero-order chi connectivity index (χ0) is 38.2. The van der Waals surface area contributed by atoms with Crippen LogP contribution in [0.4, 0.5) is 0 Å². The summed E-state index contributed by atoms with van der Waals surface area (Å²) in [6.07, 6.45) is 0. The molecule has 58 heavy (non-hydrogen) atoms. The van der Waals surface area contributed by atoms with E-state index < -0.39 is 0 Å². The van der Waals surface area contributed by atoms with E-state index in [0.29, 0.717) is 17.5 Å². The monoisotopic (exact) mass is 736 g/mol. The zero-order valence-corrected chi connectivity index (χ0v) is 31.3. The highest BCUT2D eigenvalue weighted by Gasteiger charge is 2.20. The lowest BCUT2D eigenvalue weighted by Crippen LogP contribution is -2.01. The number of hydrogen-bond donors (Lipinski definition) is 0. The van der Waals surface area contributed by atoms with Crippen molar-refractivity contribution in [3.8, 4) is 45.4 Å². The molecule has 2 aromatic heterocycles. The summed E-state index contributed by atoms with van der Waals surface area (Å²) in [4.78, 5) is 21.4. The van der Waals surface area contributed by atoms with Gasteiger partial charge in [0.05, 0.1) is 11.2 Å². The average Bonchev–Trinajstić information content (AvgIpc) is 3.30. The van der Waals surface area contributed by atoms with Crippen molar-refractivity contribution in [3.63, 3.8) is 0 Å². The second-order valence-corrected chi connectivity index (χ2v) is 15.0. The summed E-state index contributed by atoms with van der Waals surface area (Å²) >= 11 is 0. The number of benzene rings is 10. The molecule has 4 heteroatoms. The molecule has 0 N–H and O–H groups in total. The Balaban J connectivity index is 1.13. The van der Waals surface area contributed by atoms with Crippen LogP contribution in [0.3, 0.4) is 0 Å². The van der Waals surface area contributed by atoms with Crippen molar-refractivity contribution in [1.29, 1.82) is 0 Å². The van der Waals surface area contributed by atoms with E-state index in [-0.39, 0.29) is 0 Å². The van der Waals surface area contributed by atoms with Crippen molar-refractivity contribution in [2.24, 2.45) is 0 Å². The fourth-order valence-electron chi connectivity index (χ4n) is 8.97. The normalized spacial score (nSPS) is 11.8. The number of pyridine rings is 1. The molecule has 0 saturated heterocycles. The van der Waals surface area contributed by atoms with Gasteiger partial charge in [-0.25, -0.2) is 19.9 Å². The molecule has 0 aliphatic rings. The fraction of sp³-hybridized carbons (Fsp3) is 0. The van der Waals surface area contributed by atoms with Crippen molar-refractivity contribution in [1.82, 2.24) is 19.9 Å². The lowest BCUT2D eigenvalue weighted by molar-refractivity contribution is 1.08. The van der Waals surface area contributed by atoms with E-state index in [9.17, 15) is 0 Å². The van der Waals surface area contributed by atoms with Crippen molar-refractivity contribution in [2.45, 2.75) is 0 Å². The van der Waals surface area contributed by atoms with Gasteiger partial charge in [-0.3, -0.25) is 0 Å². The van der Waals surface area contributed by atoms with Crippen LogP contribution in [0.2, 0.25) is 0 Å². The van der Waals surface area contributed by atoms with Crippen molar-refractivity contribution >= 4 is 75.5 Å². The molecule has 0 radical (unpaired) electrons. The molecule has 0 bridgehead atoms. The molecule has 0 aliphatic heterocycles. The van der Waals surface area contributed by atoms with E-state index in [1.807, 2.05) is 0 Å². The number of aromatic nitrogens is 4. The maximum absolute atomic E-state index is 5.36. The van der Waals surface area contributed by atoms with Gasteiger partial charge < -0.3 is 0 Å². The van der Waals surface area contributed by atoms with Gasteiger partial charge in [-0.15, -0.1) is 0 Å². The topological polar surface area (TPSA) is 51.6 Å². The van der Waals surface area contributed by atoms with Crippen LogP contribution in [0.5, 0.6) is 0 Å². The van der Waals surface area contributed by atoms with E-state index in [1.54, 1.807) is 0 Å². The standard InChI is InChI=1S/C54H32N4/c1-6-21-40-33(14-1)28-29-46-50(40)45-26-11-12-27-49(45)55-51(46)36-17-13-18-37(30-36)52-56-53(47-31-34-15-2-4-19-38(34)41-22-7-9-24-43(41)47)58-54(57-52)48-32-35-16-3-5-20-39(35)42-23-8-10-25-44(42)48/h1-32H. The second kappa shape index (κ2) is 12.9. The number of hydrogen-bond acceptors (Lipinski definition) is 4. The highest BCUT2D eigenvalue weighted by molar-refractivity contribution is 6.22. The molecular formula is C54H32N4. The van der Waals surface area contributed by atoms with Gasteiger partial charge in [-0.1, -0.05) is 170 Å². The lowest BCUT2D eigenvalue weighted by atomic mass is 9.94. The first kappa shape index (κ1) is 32.4. The van der Waals surface area contributed by atoms with Gasteiger partial charge >= 0.3 is 0 Å². The van der Waals surface area contributed by atoms with E-state index >= 15 is 0 Å². The number of para-hydroxylation sites is 1. The van der Waals surface area contributed by atoms with Crippen molar-refractivity contribution < 1.29 is 0 Å². The predicted molar refractivity (Wildman–Crippen MR) is 242 cm³/mol. The number of fused-ring (bicyclic) bond motifs is 11. The van der Waals surface area contributed by atoms with Gasteiger partial charge in [0.15, 0.2) is 17.5 Å². The third-order valence-electron chi connectivity index (χ3n) is 11.6. The molecule has 268 valence electrons. The molecule has 4 nitrogen and oxygen atoms in total. The number of nitrogens with zero attached hydrogens (tertiary/aromatic N) is 4. The van der Waals surface area contributed by atoms with Gasteiger partial charge in [0.1, 0.15) is 0 Å². The van der Waals surface area contributed by atoms with E-state index in [4.69, 9.17) is 19.9 Å². The Bertz CT molecular complexity index is 3490. The Morgan fingerprint density at radius 1 is 0.259 bits per heavy atom. The maximum Gasteiger partial charge on any atom is 0.164 e. The predicted octanol–water partition coefficient (Wildman–Crippen LogP) is 14.0. The Morgan fingerprint density at radius 2 is 0.741 bits per heavy atom. The van der Waals surface area contributed by atoms with Gasteiger partial charge in [-0.05, 0) is 78.1 Å². The Hall–Kier alpha value is -7.82. The van der Waals surface area contributed by atoms with Crippen molar-refractivity contribution in [3.05, 3.63) is 194 Å². The molecule has 0 saturated carbocycles. The third kappa shape index (κ3) is 5.09. The molecule has 0 unspecified atom stereocenters. The fourth-order valence-corrected chi connectivity index (χ4v) is 8.97. The van der Waals surface area contributed by atoms with Crippen LogP contribution < -0.4 is 0 Å². The smallest absolute Gasteiger partial charge is 0.164 e. The van der Waals surface area contributed by atoms with E-state index in [1.165, 1.54) is 37.7 Å². The lowest BCUT2D eigenvalue weighted by Gasteiger charge is -2.15. The molecule has 12 aromatic rings. The van der Waals surface area contributed by atoms with Crippen LogP contribution >= 0.6 is 0 Å². The quantitative estimate of drug-likeness (QED) is 0.169. The van der Waals surface area contributed by atoms with Gasteiger partial charge in [-0.2, -0.15) is 0 Å². The SMILES string of the molecule is c1cc(-c2nc(-c3cc4ccccc4c4ccccc34)nc(-c3cc4ccccc4c4ccccc34)n2)cc(-c2nc3ccccc3c3c2ccc2ccccc23)c1. The average molecular weight is 737 g/mol. The zero-order valence-electron chi connectivity index (χ0n) is 31.3. The highest BCUT2D eigenvalue weighted by atomic mass is 15.0. The summed E-state index contributed by atoms with van der Waals surface area (Å²) in [5.41, 5.74) is 5.71. The van der Waals surface area contributed by atoms with Crippen LogP contribution in [0.1, 0.15) is 0 Å². The minimum Gasteiger partial charge on any atom is -0.247 e. The van der Waals surface area contributed by atoms with Crippen LogP contribution in [0.15, 0.2) is 194 Å². The molecule has 0 aliphatic carbocycles. The van der Waals surface area contributed by atoms with Gasteiger partial charge in [0, 0.05) is 38.4 Å². The first-order valence-corrected chi connectivity index (χ1v) is 19.6. The Labute approximate surface area is 333 Å². The van der Waals surface area contributed by atoms with Gasteiger partial charge in [0.2, 0.25) is 0 Å². The summed E-state index contributed by atoms with van der Waals surface area (Å²) in [5, 5.41) is 15.1. The molecule has 12 rings (SSSR count). The summed E-state index contributed by atoms with van der Waals surface area (Å²) in [5.74, 6) is 1.86. The molecule has 0 fully saturated rings. The molecular weight excluding hydrogens is 705 g/mol. The largest absolute Gasteiger partial charge is 0.247 e. The molecule has 0 atom stereocenters. The Morgan fingerprint density at radius 3 is 1.38 bits per heavy atom. The van der Waals surface area contributed by atoms with Crippen LogP contribution in [0.25, 0.3) is 121 Å². The Kier molecular flexibility index (Phi) is 7.20. The summed E-state index contributed by atoms with van der Waals surface area (Å²) in [7, 11) is 0. The molecule has 0 amide bonds.